The van der Waals surface area contributed by atoms with Crippen molar-refractivity contribution in [2.45, 2.75) is 31.6 Å². The smallest absolute Gasteiger partial charge is 0.165 e. The van der Waals surface area contributed by atoms with Crippen LogP contribution in [0.5, 0.6) is 5.75 Å². The first-order chi connectivity index (χ1) is 11.7. The van der Waals surface area contributed by atoms with Crippen LogP contribution < -0.4 is 4.74 Å². The second-order valence-electron chi connectivity index (χ2n) is 5.13. The first-order valence-electron chi connectivity index (χ1n) is 7.63. The molecule has 24 heavy (non-hydrogen) atoms. The fraction of sp³-hybridized carbons (Fsp3) is 0.312. The summed E-state index contributed by atoms with van der Waals surface area (Å²) in [5.41, 5.74) is 2.76. The molecule has 1 aromatic carbocycles. The zero-order valence-electron chi connectivity index (χ0n) is 13.3. The van der Waals surface area contributed by atoms with Gasteiger partial charge >= 0.3 is 0 Å². The summed E-state index contributed by atoms with van der Waals surface area (Å²) in [4.78, 5) is 10.1. The molecule has 0 fully saturated rings. The van der Waals surface area contributed by atoms with Crippen molar-refractivity contribution in [3.63, 3.8) is 0 Å². The predicted molar refractivity (Wildman–Crippen MR) is 102 cm³/mol. The van der Waals surface area contributed by atoms with Crippen LogP contribution in [-0.2, 0) is 0 Å². The standard InChI is InChI=1S/C16H16N4O2S2/c1-3-5-11-13-14(20-19-11)16(23)18-15(17-13)10-8-9(24-21)6-7-12(10)22-4-2/h6-8,21H,3-5H2,1-2H3. The molecule has 0 radical (unpaired) electrons. The SMILES string of the molecule is CCCC1=NN=C2C(=S)N=C(c3cc(SO)ccc3OCC)N=C12. The molecule has 6 nitrogen and oxygen atoms in total. The molecule has 1 aromatic rings. The van der Waals surface area contributed by atoms with Crippen LogP contribution in [-0.4, -0.2) is 39.1 Å². The number of amidine groups is 1. The zero-order chi connectivity index (χ0) is 17.1. The van der Waals surface area contributed by atoms with Crippen molar-refractivity contribution in [1.29, 1.82) is 0 Å². The van der Waals surface area contributed by atoms with Crippen LogP contribution in [0.3, 0.4) is 0 Å². The Morgan fingerprint density at radius 2 is 2.00 bits per heavy atom. The fourth-order valence-electron chi connectivity index (χ4n) is 2.43. The predicted octanol–water partition coefficient (Wildman–Crippen LogP) is 3.79. The minimum absolute atomic E-state index is 0.370. The Balaban J connectivity index is 2.06. The average molecular weight is 360 g/mol. The summed E-state index contributed by atoms with van der Waals surface area (Å²) in [5.74, 6) is 1.10. The summed E-state index contributed by atoms with van der Waals surface area (Å²) in [6, 6.07) is 5.36. The van der Waals surface area contributed by atoms with E-state index in [1.165, 1.54) is 0 Å². The van der Waals surface area contributed by atoms with Gasteiger partial charge in [0.05, 0.1) is 17.9 Å². The molecule has 0 amide bonds. The lowest BCUT2D eigenvalue weighted by molar-refractivity contribution is 0.339. The summed E-state index contributed by atoms with van der Waals surface area (Å²) < 4.78 is 15.0. The van der Waals surface area contributed by atoms with Crippen molar-refractivity contribution in [3.8, 4) is 5.75 Å². The van der Waals surface area contributed by atoms with Gasteiger partial charge in [0.25, 0.3) is 0 Å². The minimum atomic E-state index is 0.370. The highest BCUT2D eigenvalue weighted by Gasteiger charge is 2.30. The number of rotatable bonds is 6. The molecule has 8 heteroatoms. The van der Waals surface area contributed by atoms with Gasteiger partial charge in [0.2, 0.25) is 0 Å². The number of fused-ring (bicyclic) bond motifs is 1. The first kappa shape index (κ1) is 16.9. The quantitative estimate of drug-likeness (QED) is 0.618. The van der Waals surface area contributed by atoms with Crippen molar-refractivity contribution in [1.82, 2.24) is 0 Å². The Bertz CT molecular complexity index is 812. The van der Waals surface area contributed by atoms with Crippen LogP contribution >= 0.6 is 24.3 Å². The molecule has 0 atom stereocenters. The number of hydrogen-bond acceptors (Lipinski definition) is 7. The molecule has 0 saturated heterocycles. The Kier molecular flexibility index (Phi) is 5.17. The highest BCUT2D eigenvalue weighted by molar-refractivity contribution is 7.93. The summed E-state index contributed by atoms with van der Waals surface area (Å²) in [7, 11) is 0. The first-order valence-corrected chi connectivity index (χ1v) is 8.81. The lowest BCUT2D eigenvalue weighted by Gasteiger charge is -2.15. The third-order valence-corrected chi connectivity index (χ3v) is 4.23. The van der Waals surface area contributed by atoms with Crippen molar-refractivity contribution < 1.29 is 9.29 Å². The second-order valence-corrected chi connectivity index (χ2v) is 6.17. The topological polar surface area (TPSA) is 78.9 Å². The lowest BCUT2D eigenvalue weighted by Crippen LogP contribution is -2.31. The van der Waals surface area contributed by atoms with Crippen LogP contribution in [0.1, 0.15) is 32.3 Å². The Morgan fingerprint density at radius 3 is 2.71 bits per heavy atom. The van der Waals surface area contributed by atoms with E-state index in [0.717, 1.165) is 18.6 Å². The van der Waals surface area contributed by atoms with E-state index < -0.39 is 0 Å². The zero-order valence-corrected chi connectivity index (χ0v) is 14.9. The highest BCUT2D eigenvalue weighted by Crippen LogP contribution is 2.27. The van der Waals surface area contributed by atoms with E-state index >= 15 is 0 Å². The average Bonchev–Trinajstić information content (AvgIpc) is 2.99. The molecule has 0 aromatic heterocycles. The lowest BCUT2D eigenvalue weighted by atomic mass is 10.0. The van der Waals surface area contributed by atoms with Crippen LogP contribution in [0, 0.1) is 0 Å². The number of aliphatic imine (C=N–C) groups is 2. The van der Waals surface area contributed by atoms with Gasteiger partial charge in [-0.15, -0.1) is 5.10 Å². The number of hydrogen-bond donors (Lipinski definition) is 1. The van der Waals surface area contributed by atoms with Crippen LogP contribution in [0.15, 0.2) is 43.3 Å². The monoisotopic (exact) mass is 360 g/mol. The van der Waals surface area contributed by atoms with E-state index in [0.29, 0.717) is 57.1 Å². The molecule has 3 rings (SSSR count). The number of benzene rings is 1. The molecule has 124 valence electrons. The van der Waals surface area contributed by atoms with Crippen LogP contribution in [0.2, 0.25) is 0 Å². The fourth-order valence-corrected chi connectivity index (χ4v) is 2.95. The number of thiocarbonyl (C=S) groups is 1. The summed E-state index contributed by atoms with van der Waals surface area (Å²) in [5, 5.41) is 8.29. The molecule has 0 unspecified atom stereocenters. The van der Waals surface area contributed by atoms with E-state index in [9.17, 15) is 4.55 Å². The van der Waals surface area contributed by atoms with Crippen molar-refractivity contribution >= 4 is 52.2 Å². The van der Waals surface area contributed by atoms with Gasteiger partial charge in [-0.2, -0.15) is 5.10 Å². The molecule has 2 heterocycles. The molecule has 2 aliphatic heterocycles. The van der Waals surface area contributed by atoms with Gasteiger partial charge in [0.1, 0.15) is 11.5 Å². The molecular weight excluding hydrogens is 344 g/mol. The van der Waals surface area contributed by atoms with Crippen molar-refractivity contribution in [2.24, 2.45) is 20.2 Å². The Hall–Kier alpha value is -1.90. The maximum absolute atomic E-state index is 9.33. The van der Waals surface area contributed by atoms with Gasteiger partial charge < -0.3 is 9.29 Å². The van der Waals surface area contributed by atoms with E-state index in [-0.39, 0.29) is 0 Å². The largest absolute Gasteiger partial charge is 0.493 e. The Morgan fingerprint density at radius 1 is 1.17 bits per heavy atom. The van der Waals surface area contributed by atoms with E-state index in [1.54, 1.807) is 18.2 Å². The van der Waals surface area contributed by atoms with Gasteiger partial charge in [-0.1, -0.05) is 25.6 Å². The van der Waals surface area contributed by atoms with Crippen molar-refractivity contribution in [3.05, 3.63) is 23.8 Å². The van der Waals surface area contributed by atoms with E-state index in [1.807, 2.05) is 6.92 Å². The third-order valence-electron chi connectivity index (χ3n) is 3.48. The molecular formula is C16H16N4O2S2. The molecule has 0 spiro atoms. The normalized spacial score (nSPS) is 16.2. The third kappa shape index (κ3) is 3.17. The summed E-state index contributed by atoms with van der Waals surface area (Å²) in [6.45, 7) is 4.50. The minimum Gasteiger partial charge on any atom is -0.493 e. The van der Waals surface area contributed by atoms with E-state index in [2.05, 4.69) is 27.1 Å². The van der Waals surface area contributed by atoms with Gasteiger partial charge in [-0.3, -0.25) is 0 Å². The van der Waals surface area contributed by atoms with Crippen LogP contribution in [0.4, 0.5) is 0 Å². The maximum atomic E-state index is 9.33. The van der Waals surface area contributed by atoms with Gasteiger partial charge in [0.15, 0.2) is 16.5 Å². The molecule has 0 saturated carbocycles. The molecule has 0 bridgehead atoms. The summed E-state index contributed by atoms with van der Waals surface area (Å²) in [6.07, 6.45) is 1.73. The van der Waals surface area contributed by atoms with Gasteiger partial charge in [-0.25, -0.2) is 9.98 Å². The number of nitrogens with zero attached hydrogens (tertiary/aromatic N) is 4. The Labute approximate surface area is 149 Å². The summed E-state index contributed by atoms with van der Waals surface area (Å²) >= 11 is 6.02. The van der Waals surface area contributed by atoms with E-state index in [4.69, 9.17) is 17.0 Å². The highest BCUT2D eigenvalue weighted by atomic mass is 32.2. The number of ether oxygens (including phenoxy) is 1. The molecule has 0 aliphatic carbocycles. The van der Waals surface area contributed by atoms with Gasteiger partial charge in [-0.05, 0) is 31.5 Å². The van der Waals surface area contributed by atoms with Crippen LogP contribution in [0.25, 0.3) is 0 Å². The second kappa shape index (κ2) is 7.33. The molecule has 2 aliphatic rings. The van der Waals surface area contributed by atoms with Gasteiger partial charge in [0, 0.05) is 16.9 Å². The maximum Gasteiger partial charge on any atom is 0.165 e. The van der Waals surface area contributed by atoms with Crippen molar-refractivity contribution in [2.75, 3.05) is 6.61 Å². The molecule has 1 N–H and O–H groups in total.